The van der Waals surface area contributed by atoms with Crippen molar-refractivity contribution in [2.24, 2.45) is 0 Å². The van der Waals surface area contributed by atoms with E-state index in [1.54, 1.807) is 13.2 Å². The monoisotopic (exact) mass is 380 g/mol. The van der Waals surface area contributed by atoms with Gasteiger partial charge >= 0.3 is 0 Å². The molecule has 3 rings (SSSR count). The predicted octanol–water partition coefficient (Wildman–Crippen LogP) is 3.73. The summed E-state index contributed by atoms with van der Waals surface area (Å²) in [6.07, 6.45) is 0. The first-order valence-corrected chi connectivity index (χ1v) is 11.0. The van der Waals surface area contributed by atoms with Gasteiger partial charge in [-0.3, -0.25) is 5.41 Å². The lowest BCUT2D eigenvalue weighted by atomic mass is 10.2. The molecule has 2 heterocycles. The number of halogens is 1. The molecule has 5 nitrogen and oxygen atoms in total. The van der Waals surface area contributed by atoms with Crippen LogP contribution in [0.3, 0.4) is 0 Å². The van der Waals surface area contributed by atoms with Gasteiger partial charge in [0.25, 0.3) is 0 Å². The van der Waals surface area contributed by atoms with Crippen molar-refractivity contribution in [3.8, 4) is 11.8 Å². The van der Waals surface area contributed by atoms with Crippen molar-refractivity contribution in [3.05, 3.63) is 46.6 Å². The lowest BCUT2D eigenvalue weighted by molar-refractivity contribution is 0.415. The maximum absolute atomic E-state index is 9.04. The van der Waals surface area contributed by atoms with E-state index in [9.17, 15) is 0 Å². The van der Waals surface area contributed by atoms with Gasteiger partial charge in [0, 0.05) is 5.30 Å². The molecule has 1 aromatic heterocycles. The number of ether oxygens (including phenoxy) is 1. The van der Waals surface area contributed by atoms with Crippen LogP contribution in [0.1, 0.15) is 11.1 Å². The van der Waals surface area contributed by atoms with Gasteiger partial charge in [-0.05, 0) is 41.7 Å². The molecule has 0 fully saturated rings. The zero-order valence-corrected chi connectivity index (χ0v) is 15.1. The van der Waals surface area contributed by atoms with Crippen LogP contribution in [-0.2, 0) is 11.8 Å². The standard InChI is InChI=1S/C14H10ClN4OPS2/c1-20-9-2-4-10(5-3-9)21(22)19-14-11(13(17)23-21)6-8(7-16)12(15)18-14/h2-6,17H,1H3,(H,18,19,22). The Labute approximate surface area is 147 Å². The van der Waals surface area contributed by atoms with Crippen molar-refractivity contribution in [1.82, 2.24) is 4.98 Å². The zero-order valence-electron chi connectivity index (χ0n) is 11.8. The van der Waals surface area contributed by atoms with E-state index in [-0.39, 0.29) is 10.7 Å². The quantitative estimate of drug-likeness (QED) is 0.610. The molecule has 2 aromatic rings. The maximum Gasteiger partial charge on any atom is 0.149 e. The first kappa shape index (κ1) is 16.3. The summed E-state index contributed by atoms with van der Waals surface area (Å²) in [6, 6.07) is 11.0. The molecule has 23 heavy (non-hydrogen) atoms. The third kappa shape index (κ3) is 2.96. The van der Waals surface area contributed by atoms with Gasteiger partial charge in [-0.2, -0.15) is 5.26 Å². The Balaban J connectivity index is 2.05. The van der Waals surface area contributed by atoms with Crippen LogP contribution >= 0.6 is 28.4 Å². The molecule has 2 N–H and O–H groups in total. The Morgan fingerprint density at radius 1 is 1.43 bits per heavy atom. The van der Waals surface area contributed by atoms with E-state index in [1.165, 1.54) is 11.4 Å². The summed E-state index contributed by atoms with van der Waals surface area (Å²) in [5, 5.41) is 19.6. The van der Waals surface area contributed by atoms with Gasteiger partial charge in [-0.1, -0.05) is 23.4 Å². The number of benzene rings is 1. The van der Waals surface area contributed by atoms with Crippen molar-refractivity contribution >= 4 is 56.3 Å². The molecule has 0 bridgehead atoms. The number of nitrogens with one attached hydrogen (secondary N) is 2. The van der Waals surface area contributed by atoms with Crippen molar-refractivity contribution < 1.29 is 4.74 Å². The average molecular weight is 381 g/mol. The molecular formula is C14H10ClN4OPS2. The third-order valence-electron chi connectivity index (χ3n) is 3.23. The van der Waals surface area contributed by atoms with Crippen LogP contribution in [0.5, 0.6) is 5.75 Å². The summed E-state index contributed by atoms with van der Waals surface area (Å²) in [5.41, 5.74) is 0.794. The topological polar surface area (TPSA) is 81.8 Å². The Kier molecular flexibility index (Phi) is 4.35. The van der Waals surface area contributed by atoms with E-state index in [4.69, 9.17) is 38.8 Å². The van der Waals surface area contributed by atoms with E-state index in [0.29, 0.717) is 16.4 Å². The molecular weight excluding hydrogens is 371 g/mol. The molecule has 116 valence electrons. The highest BCUT2D eigenvalue weighted by Gasteiger charge is 2.32. The van der Waals surface area contributed by atoms with Gasteiger partial charge in [-0.15, -0.1) is 0 Å². The van der Waals surface area contributed by atoms with Crippen LogP contribution in [0.4, 0.5) is 5.82 Å². The molecule has 9 heteroatoms. The molecule has 0 amide bonds. The number of methoxy groups -OCH3 is 1. The van der Waals surface area contributed by atoms with Crippen LogP contribution in [0.15, 0.2) is 30.3 Å². The van der Waals surface area contributed by atoms with Gasteiger partial charge in [0.1, 0.15) is 33.2 Å². The Morgan fingerprint density at radius 3 is 2.74 bits per heavy atom. The van der Waals surface area contributed by atoms with Gasteiger partial charge < -0.3 is 9.82 Å². The molecule has 0 saturated heterocycles. The first-order valence-electron chi connectivity index (χ1n) is 6.39. The van der Waals surface area contributed by atoms with Gasteiger partial charge in [-0.25, -0.2) is 4.98 Å². The smallest absolute Gasteiger partial charge is 0.149 e. The van der Waals surface area contributed by atoms with Crippen LogP contribution in [0.2, 0.25) is 5.15 Å². The third-order valence-corrected chi connectivity index (χ3v) is 9.46. The summed E-state index contributed by atoms with van der Waals surface area (Å²) in [7, 11) is 1.60. The lowest BCUT2D eigenvalue weighted by Crippen LogP contribution is -2.18. The molecule has 1 aliphatic rings. The molecule has 1 atom stereocenters. The SMILES string of the molecule is COc1ccc(P2(=S)Nc3nc(Cl)c(C#N)cc3C(=N)S2)cc1. The minimum Gasteiger partial charge on any atom is -0.497 e. The fraction of sp³-hybridized carbons (Fsp3) is 0.0714. The predicted molar refractivity (Wildman–Crippen MR) is 98.9 cm³/mol. The van der Waals surface area contributed by atoms with Crippen molar-refractivity contribution in [2.45, 2.75) is 0 Å². The Bertz CT molecular complexity index is 895. The molecule has 0 radical (unpaired) electrons. The van der Waals surface area contributed by atoms with Crippen molar-refractivity contribution in [3.63, 3.8) is 0 Å². The van der Waals surface area contributed by atoms with Crippen molar-refractivity contribution in [1.29, 1.82) is 10.7 Å². The van der Waals surface area contributed by atoms with Gasteiger partial charge in [0.2, 0.25) is 0 Å². The highest BCUT2D eigenvalue weighted by molar-refractivity contribution is 8.78. The Morgan fingerprint density at radius 2 is 2.13 bits per heavy atom. The van der Waals surface area contributed by atoms with Crippen LogP contribution in [-0.4, -0.2) is 17.1 Å². The van der Waals surface area contributed by atoms with E-state index in [0.717, 1.165) is 11.1 Å². The fourth-order valence-corrected chi connectivity index (χ4v) is 7.47. The summed E-state index contributed by atoms with van der Waals surface area (Å²) in [4.78, 5) is 4.20. The van der Waals surface area contributed by atoms with E-state index in [2.05, 4.69) is 10.1 Å². The number of pyridine rings is 1. The Hall–Kier alpha value is -1.58. The average Bonchev–Trinajstić information content (AvgIpc) is 2.54. The highest BCUT2D eigenvalue weighted by atomic mass is 35.5. The summed E-state index contributed by atoms with van der Waals surface area (Å²) in [6.45, 7) is 0. The number of aromatic nitrogens is 1. The largest absolute Gasteiger partial charge is 0.497 e. The number of fused-ring (bicyclic) bond motifs is 1. The second-order valence-corrected chi connectivity index (χ2v) is 11.9. The number of hydrogen-bond donors (Lipinski definition) is 2. The maximum atomic E-state index is 9.04. The van der Waals surface area contributed by atoms with Crippen LogP contribution in [0.25, 0.3) is 0 Å². The van der Waals surface area contributed by atoms with E-state index >= 15 is 0 Å². The number of rotatable bonds is 2. The molecule has 1 aliphatic heterocycles. The molecule has 1 unspecified atom stereocenters. The molecule has 0 saturated carbocycles. The fourth-order valence-electron chi connectivity index (χ4n) is 2.06. The molecule has 1 aromatic carbocycles. The summed E-state index contributed by atoms with van der Waals surface area (Å²) >= 11 is 13.1. The van der Waals surface area contributed by atoms with Gasteiger partial charge in [0.15, 0.2) is 0 Å². The summed E-state index contributed by atoms with van der Waals surface area (Å²) < 4.78 is 5.16. The number of hydrogen-bond acceptors (Lipinski definition) is 6. The number of anilines is 1. The minimum absolute atomic E-state index is 0.106. The second-order valence-electron chi connectivity index (χ2n) is 4.62. The van der Waals surface area contributed by atoms with Crippen LogP contribution < -0.4 is 15.1 Å². The summed E-state index contributed by atoms with van der Waals surface area (Å²) in [5.74, 6) is 1.20. The molecule has 0 spiro atoms. The number of nitriles is 1. The zero-order chi connectivity index (χ0) is 16.6. The minimum atomic E-state index is -2.31. The van der Waals surface area contributed by atoms with Crippen molar-refractivity contribution in [2.75, 3.05) is 12.2 Å². The van der Waals surface area contributed by atoms with E-state index in [1.807, 2.05) is 30.3 Å². The van der Waals surface area contributed by atoms with Gasteiger partial charge in [0.05, 0.1) is 18.2 Å². The van der Waals surface area contributed by atoms with E-state index < -0.39 is 5.39 Å². The number of nitrogens with zero attached hydrogens (tertiary/aromatic N) is 2. The van der Waals surface area contributed by atoms with Crippen LogP contribution in [0, 0.1) is 16.7 Å². The highest BCUT2D eigenvalue weighted by Crippen LogP contribution is 2.61. The first-order chi connectivity index (χ1) is 11.0. The lowest BCUT2D eigenvalue weighted by Gasteiger charge is -2.29. The normalized spacial score (nSPS) is 19.4. The second kappa shape index (κ2) is 6.14. The molecule has 0 aliphatic carbocycles.